The van der Waals surface area contributed by atoms with Gasteiger partial charge in [0.15, 0.2) is 0 Å². The Labute approximate surface area is 137 Å². The number of fused-ring (bicyclic) bond motifs is 1. The molecular weight excluding hydrogens is 414 g/mol. The highest BCUT2D eigenvalue weighted by atomic mass is 127. The zero-order chi connectivity index (χ0) is 15.9. The number of β-amino-alcohol motifs (C(OH)–C–C–N with tert-alkyl or cyclic N) is 1. The van der Waals surface area contributed by atoms with Gasteiger partial charge in [-0.3, -0.25) is 0 Å². The van der Waals surface area contributed by atoms with E-state index in [2.05, 4.69) is 32.9 Å². The number of aliphatic hydroxyl groups excluding tert-OH is 1. The van der Waals surface area contributed by atoms with Crippen LogP contribution in [0.25, 0.3) is 0 Å². The van der Waals surface area contributed by atoms with E-state index in [-0.39, 0.29) is 18.8 Å². The topological polar surface area (TPSA) is 61.5 Å². The number of furan rings is 1. The largest absolute Gasteiger partial charge is 0.455 e. The fraction of sp³-hybridized carbons (Fsp3) is 0.308. The zero-order valence-electron chi connectivity index (χ0n) is 11.1. The van der Waals surface area contributed by atoms with Gasteiger partial charge in [-0.15, -0.1) is 0 Å². The van der Waals surface area contributed by atoms with Gasteiger partial charge in [0, 0.05) is 9.77 Å². The van der Waals surface area contributed by atoms with E-state index in [4.69, 9.17) is 4.42 Å². The molecule has 0 aliphatic carbocycles. The SMILES string of the molecule is OC1CNc2ncc(I)cc2N1Cc1ccc(C(F)(F)F)o1. The summed E-state index contributed by atoms with van der Waals surface area (Å²) in [6, 6.07) is 3.95. The second kappa shape index (κ2) is 5.61. The summed E-state index contributed by atoms with van der Waals surface area (Å²) in [5.41, 5.74) is 0.621. The van der Waals surface area contributed by atoms with Crippen LogP contribution in [-0.2, 0) is 12.7 Å². The number of pyridine rings is 1. The van der Waals surface area contributed by atoms with E-state index in [1.54, 1.807) is 17.2 Å². The Morgan fingerprint density at radius 3 is 2.91 bits per heavy atom. The van der Waals surface area contributed by atoms with Gasteiger partial charge < -0.3 is 19.7 Å². The van der Waals surface area contributed by atoms with Crippen LogP contribution in [0, 0.1) is 3.57 Å². The highest BCUT2D eigenvalue weighted by Crippen LogP contribution is 2.34. The molecule has 3 rings (SSSR count). The van der Waals surface area contributed by atoms with Crippen molar-refractivity contribution in [3.63, 3.8) is 0 Å². The molecule has 2 N–H and O–H groups in total. The van der Waals surface area contributed by atoms with Gasteiger partial charge >= 0.3 is 6.18 Å². The molecule has 1 unspecified atom stereocenters. The molecule has 0 bridgehead atoms. The van der Waals surface area contributed by atoms with E-state index >= 15 is 0 Å². The number of aliphatic hydroxyl groups is 1. The minimum absolute atomic E-state index is 0.0215. The third-order valence-electron chi connectivity index (χ3n) is 3.22. The summed E-state index contributed by atoms with van der Waals surface area (Å²) in [4.78, 5) is 5.76. The molecule has 1 aliphatic heterocycles. The van der Waals surface area contributed by atoms with E-state index in [9.17, 15) is 18.3 Å². The number of nitrogens with zero attached hydrogens (tertiary/aromatic N) is 2. The molecule has 0 radical (unpaired) electrons. The summed E-state index contributed by atoms with van der Waals surface area (Å²) >= 11 is 2.08. The summed E-state index contributed by atoms with van der Waals surface area (Å²) in [5, 5.41) is 13.1. The van der Waals surface area contributed by atoms with Crippen molar-refractivity contribution < 1.29 is 22.7 Å². The average molecular weight is 425 g/mol. The van der Waals surface area contributed by atoms with Crippen LogP contribution in [0.5, 0.6) is 0 Å². The molecule has 0 saturated heterocycles. The van der Waals surface area contributed by atoms with Gasteiger partial charge in [0.2, 0.25) is 5.76 Å². The molecular formula is C13H11F3IN3O2. The second-order valence-corrected chi connectivity index (χ2v) is 6.02. The van der Waals surface area contributed by atoms with Crippen LogP contribution in [0.1, 0.15) is 11.5 Å². The lowest BCUT2D eigenvalue weighted by Gasteiger charge is -2.35. The van der Waals surface area contributed by atoms with Gasteiger partial charge in [-0.1, -0.05) is 0 Å². The minimum Gasteiger partial charge on any atom is -0.455 e. The van der Waals surface area contributed by atoms with Crippen LogP contribution in [0.3, 0.4) is 0 Å². The van der Waals surface area contributed by atoms with Gasteiger partial charge in [0.05, 0.1) is 18.8 Å². The number of anilines is 2. The standard InChI is InChI=1S/C13H11F3IN3O2/c14-13(15,16)10-2-1-8(22-10)6-20-9-3-7(17)4-18-12(9)19-5-11(20)21/h1-4,11,21H,5-6H2,(H,18,19). The summed E-state index contributed by atoms with van der Waals surface area (Å²) in [6.07, 6.45) is -3.74. The van der Waals surface area contributed by atoms with E-state index < -0.39 is 18.2 Å². The number of nitrogens with one attached hydrogen (secondary N) is 1. The van der Waals surface area contributed by atoms with Crippen LogP contribution >= 0.6 is 22.6 Å². The Bertz CT molecular complexity index is 689. The molecule has 0 amide bonds. The van der Waals surface area contributed by atoms with Crippen LogP contribution in [0.2, 0.25) is 0 Å². The molecule has 0 spiro atoms. The summed E-state index contributed by atoms with van der Waals surface area (Å²) in [6.45, 7) is 0.251. The fourth-order valence-corrected chi connectivity index (χ4v) is 2.65. The lowest BCUT2D eigenvalue weighted by Crippen LogP contribution is -2.43. The molecule has 0 fully saturated rings. The molecule has 2 aromatic rings. The van der Waals surface area contributed by atoms with Crippen molar-refractivity contribution in [1.82, 2.24) is 4.98 Å². The molecule has 1 aliphatic rings. The Hall–Kier alpha value is -1.49. The van der Waals surface area contributed by atoms with E-state index in [0.29, 0.717) is 11.5 Å². The average Bonchev–Trinajstić information content (AvgIpc) is 2.91. The third-order valence-corrected chi connectivity index (χ3v) is 3.81. The normalized spacial score (nSPS) is 18.0. The van der Waals surface area contributed by atoms with Gasteiger partial charge in [0.1, 0.15) is 17.8 Å². The van der Waals surface area contributed by atoms with Crippen molar-refractivity contribution in [1.29, 1.82) is 0 Å². The lowest BCUT2D eigenvalue weighted by molar-refractivity contribution is -0.153. The Morgan fingerprint density at radius 2 is 2.23 bits per heavy atom. The third kappa shape index (κ3) is 3.00. The maximum atomic E-state index is 12.6. The second-order valence-electron chi connectivity index (χ2n) is 4.77. The highest BCUT2D eigenvalue weighted by Gasteiger charge is 2.35. The Kier molecular flexibility index (Phi) is 3.93. The minimum atomic E-state index is -4.52. The molecule has 9 heteroatoms. The maximum absolute atomic E-state index is 12.6. The molecule has 0 saturated carbocycles. The maximum Gasteiger partial charge on any atom is 0.449 e. The van der Waals surface area contributed by atoms with E-state index in [0.717, 1.165) is 9.64 Å². The Morgan fingerprint density at radius 1 is 1.45 bits per heavy atom. The molecule has 5 nitrogen and oxygen atoms in total. The van der Waals surface area contributed by atoms with Crippen LogP contribution in [-0.4, -0.2) is 22.9 Å². The molecule has 118 valence electrons. The predicted octanol–water partition coefficient (Wildman–Crippen LogP) is 3.05. The van der Waals surface area contributed by atoms with Gasteiger partial charge in [-0.05, 0) is 40.8 Å². The van der Waals surface area contributed by atoms with Crippen molar-refractivity contribution in [3.05, 3.63) is 39.5 Å². The van der Waals surface area contributed by atoms with Crippen LogP contribution in [0.15, 0.2) is 28.8 Å². The van der Waals surface area contributed by atoms with Gasteiger partial charge in [0.25, 0.3) is 0 Å². The summed E-state index contributed by atoms with van der Waals surface area (Å²) in [5.74, 6) is -0.348. The summed E-state index contributed by atoms with van der Waals surface area (Å²) in [7, 11) is 0. The van der Waals surface area contributed by atoms with Crippen molar-refractivity contribution in [2.45, 2.75) is 18.9 Å². The first-order valence-corrected chi connectivity index (χ1v) is 7.42. The van der Waals surface area contributed by atoms with Gasteiger partial charge in [-0.2, -0.15) is 13.2 Å². The van der Waals surface area contributed by atoms with Crippen LogP contribution < -0.4 is 10.2 Å². The first-order chi connectivity index (χ1) is 10.3. The number of hydrogen-bond acceptors (Lipinski definition) is 5. The smallest absolute Gasteiger partial charge is 0.449 e. The van der Waals surface area contributed by atoms with Gasteiger partial charge in [-0.25, -0.2) is 4.98 Å². The predicted molar refractivity (Wildman–Crippen MR) is 81.3 cm³/mol. The molecule has 0 aromatic carbocycles. The zero-order valence-corrected chi connectivity index (χ0v) is 13.2. The number of aromatic nitrogens is 1. The monoisotopic (exact) mass is 425 g/mol. The van der Waals surface area contributed by atoms with E-state index in [1.165, 1.54) is 6.07 Å². The quantitative estimate of drug-likeness (QED) is 0.725. The van der Waals surface area contributed by atoms with Crippen LogP contribution in [0.4, 0.5) is 24.7 Å². The number of rotatable bonds is 2. The van der Waals surface area contributed by atoms with Crippen molar-refractivity contribution in [3.8, 4) is 0 Å². The van der Waals surface area contributed by atoms with Crippen molar-refractivity contribution >= 4 is 34.1 Å². The van der Waals surface area contributed by atoms with Crippen molar-refractivity contribution in [2.75, 3.05) is 16.8 Å². The Balaban J connectivity index is 1.89. The molecule has 1 atom stereocenters. The number of halogens is 4. The lowest BCUT2D eigenvalue weighted by atomic mass is 10.2. The highest BCUT2D eigenvalue weighted by molar-refractivity contribution is 14.1. The molecule has 2 aromatic heterocycles. The van der Waals surface area contributed by atoms with Crippen molar-refractivity contribution in [2.24, 2.45) is 0 Å². The first-order valence-electron chi connectivity index (χ1n) is 6.34. The molecule has 3 heterocycles. The molecule has 22 heavy (non-hydrogen) atoms. The van der Waals surface area contributed by atoms with E-state index in [1.807, 2.05) is 0 Å². The fourth-order valence-electron chi connectivity index (χ4n) is 2.22. The number of hydrogen-bond donors (Lipinski definition) is 2. The number of alkyl halides is 3. The first kappa shape index (κ1) is 15.4. The summed E-state index contributed by atoms with van der Waals surface area (Å²) < 4.78 is 43.4.